The van der Waals surface area contributed by atoms with Crippen molar-refractivity contribution in [2.75, 3.05) is 13.1 Å². The third-order valence-corrected chi connectivity index (χ3v) is 4.26. The molecule has 0 amide bonds. The van der Waals surface area contributed by atoms with E-state index in [4.69, 9.17) is 5.73 Å². The molecular weight excluding hydrogens is 246 g/mol. The van der Waals surface area contributed by atoms with Gasteiger partial charge in [-0.1, -0.05) is 13.3 Å². The van der Waals surface area contributed by atoms with Crippen molar-refractivity contribution in [2.45, 2.75) is 38.8 Å². The Morgan fingerprint density at radius 1 is 1.32 bits per heavy atom. The molecule has 2 rings (SSSR count). The number of likely N-dealkylation sites (tertiary alicyclic amines) is 1. The van der Waals surface area contributed by atoms with E-state index in [9.17, 15) is 8.78 Å². The molecule has 3 atom stereocenters. The molecule has 1 heterocycles. The molecule has 2 N–H and O–H groups in total. The quantitative estimate of drug-likeness (QED) is 0.912. The molecule has 19 heavy (non-hydrogen) atoms. The number of nitrogens with two attached hydrogens (primary N) is 1. The first-order valence-electron chi connectivity index (χ1n) is 6.97. The van der Waals surface area contributed by atoms with Gasteiger partial charge in [0.25, 0.3) is 0 Å². The molecule has 0 radical (unpaired) electrons. The van der Waals surface area contributed by atoms with Gasteiger partial charge in [-0.3, -0.25) is 4.90 Å². The Hall–Kier alpha value is -1.00. The summed E-state index contributed by atoms with van der Waals surface area (Å²) in [6.45, 7) is 5.92. The fourth-order valence-corrected chi connectivity index (χ4v) is 2.89. The highest BCUT2D eigenvalue weighted by Crippen LogP contribution is 2.28. The van der Waals surface area contributed by atoms with Crippen LogP contribution in [0.1, 0.15) is 38.3 Å². The van der Waals surface area contributed by atoms with Gasteiger partial charge in [0.05, 0.1) is 0 Å². The molecule has 2 nitrogen and oxygen atoms in total. The van der Waals surface area contributed by atoms with E-state index in [0.717, 1.165) is 32.0 Å². The summed E-state index contributed by atoms with van der Waals surface area (Å²) in [5.41, 5.74) is 6.79. The zero-order valence-corrected chi connectivity index (χ0v) is 11.6. The van der Waals surface area contributed by atoms with E-state index in [0.29, 0.717) is 11.5 Å². The predicted molar refractivity (Wildman–Crippen MR) is 72.7 cm³/mol. The fraction of sp³-hybridized carbons (Fsp3) is 0.600. The van der Waals surface area contributed by atoms with Crippen molar-refractivity contribution in [1.82, 2.24) is 4.90 Å². The molecule has 0 bridgehead atoms. The van der Waals surface area contributed by atoms with Crippen LogP contribution in [0.5, 0.6) is 0 Å². The maximum absolute atomic E-state index is 13.3. The van der Waals surface area contributed by atoms with Gasteiger partial charge in [0.1, 0.15) is 11.6 Å². The molecule has 0 spiro atoms. The topological polar surface area (TPSA) is 29.3 Å². The highest BCUT2D eigenvalue weighted by Gasteiger charge is 2.28. The number of hydrogen-bond acceptors (Lipinski definition) is 2. The van der Waals surface area contributed by atoms with Gasteiger partial charge in [0, 0.05) is 31.2 Å². The van der Waals surface area contributed by atoms with Crippen molar-refractivity contribution in [3.8, 4) is 0 Å². The van der Waals surface area contributed by atoms with Crippen LogP contribution in [-0.2, 0) is 0 Å². The maximum atomic E-state index is 13.3. The van der Waals surface area contributed by atoms with E-state index in [1.807, 2.05) is 6.92 Å². The Labute approximate surface area is 113 Å². The minimum Gasteiger partial charge on any atom is -0.327 e. The van der Waals surface area contributed by atoms with Gasteiger partial charge in [-0.15, -0.1) is 0 Å². The van der Waals surface area contributed by atoms with Gasteiger partial charge in [0.15, 0.2) is 0 Å². The van der Waals surface area contributed by atoms with Gasteiger partial charge in [-0.05, 0) is 37.0 Å². The van der Waals surface area contributed by atoms with E-state index < -0.39 is 11.6 Å². The number of piperidine rings is 1. The standard InChI is InChI=1S/C15H22F2N2/c1-3-11-9-19(5-4-15(11)18)10(2)12-6-13(16)8-14(17)7-12/h6-8,10-11,15H,3-5,9,18H2,1-2H3. The lowest BCUT2D eigenvalue weighted by Crippen LogP contribution is -2.47. The molecule has 1 saturated heterocycles. The lowest BCUT2D eigenvalue weighted by atomic mass is 9.89. The van der Waals surface area contributed by atoms with Crippen LogP contribution in [0.15, 0.2) is 18.2 Å². The number of halogens is 2. The number of benzene rings is 1. The summed E-state index contributed by atoms with van der Waals surface area (Å²) >= 11 is 0. The third kappa shape index (κ3) is 3.31. The Balaban J connectivity index is 2.12. The first-order valence-corrected chi connectivity index (χ1v) is 6.97. The van der Waals surface area contributed by atoms with Crippen molar-refractivity contribution in [3.05, 3.63) is 35.4 Å². The predicted octanol–water partition coefficient (Wildman–Crippen LogP) is 3.09. The van der Waals surface area contributed by atoms with Crippen LogP contribution in [0, 0.1) is 17.6 Å². The molecule has 1 fully saturated rings. The molecule has 106 valence electrons. The zero-order valence-electron chi connectivity index (χ0n) is 11.6. The summed E-state index contributed by atoms with van der Waals surface area (Å²) < 4.78 is 26.6. The lowest BCUT2D eigenvalue weighted by Gasteiger charge is -2.40. The summed E-state index contributed by atoms with van der Waals surface area (Å²) in [5, 5.41) is 0. The first-order chi connectivity index (χ1) is 9.01. The van der Waals surface area contributed by atoms with Gasteiger partial charge < -0.3 is 5.73 Å². The van der Waals surface area contributed by atoms with Crippen molar-refractivity contribution in [3.63, 3.8) is 0 Å². The van der Waals surface area contributed by atoms with Crippen LogP contribution >= 0.6 is 0 Å². The lowest BCUT2D eigenvalue weighted by molar-refractivity contribution is 0.114. The summed E-state index contributed by atoms with van der Waals surface area (Å²) in [7, 11) is 0. The van der Waals surface area contributed by atoms with Crippen LogP contribution < -0.4 is 5.73 Å². The average molecular weight is 268 g/mol. The van der Waals surface area contributed by atoms with Crippen LogP contribution in [0.25, 0.3) is 0 Å². The van der Waals surface area contributed by atoms with Crippen molar-refractivity contribution >= 4 is 0 Å². The molecule has 1 aromatic carbocycles. The summed E-state index contributed by atoms with van der Waals surface area (Å²) in [6, 6.07) is 4.02. The van der Waals surface area contributed by atoms with Gasteiger partial charge in [0.2, 0.25) is 0 Å². The van der Waals surface area contributed by atoms with Crippen molar-refractivity contribution < 1.29 is 8.78 Å². The normalized spacial score (nSPS) is 26.4. The van der Waals surface area contributed by atoms with Crippen LogP contribution in [-0.4, -0.2) is 24.0 Å². The molecule has 3 unspecified atom stereocenters. The Morgan fingerprint density at radius 3 is 2.53 bits per heavy atom. The molecule has 0 aliphatic carbocycles. The summed E-state index contributed by atoms with van der Waals surface area (Å²) in [5.74, 6) is -0.556. The molecule has 1 aromatic rings. The number of nitrogens with zero attached hydrogens (tertiary/aromatic N) is 1. The van der Waals surface area contributed by atoms with Crippen LogP contribution in [0.2, 0.25) is 0 Å². The molecule has 0 aromatic heterocycles. The summed E-state index contributed by atoms with van der Waals surface area (Å²) in [4.78, 5) is 2.27. The van der Waals surface area contributed by atoms with Crippen LogP contribution in [0.3, 0.4) is 0 Å². The zero-order chi connectivity index (χ0) is 14.0. The molecule has 1 aliphatic heterocycles. The maximum Gasteiger partial charge on any atom is 0.126 e. The van der Waals surface area contributed by atoms with E-state index in [1.165, 1.54) is 12.1 Å². The second kappa shape index (κ2) is 5.97. The van der Waals surface area contributed by atoms with Crippen molar-refractivity contribution in [1.29, 1.82) is 0 Å². The highest BCUT2D eigenvalue weighted by atomic mass is 19.1. The molecule has 0 saturated carbocycles. The molecular formula is C15H22F2N2. The smallest absolute Gasteiger partial charge is 0.126 e. The Bertz CT molecular complexity index is 416. The van der Waals surface area contributed by atoms with E-state index in [2.05, 4.69) is 11.8 Å². The number of hydrogen-bond donors (Lipinski definition) is 1. The number of rotatable bonds is 3. The SMILES string of the molecule is CCC1CN(C(C)c2cc(F)cc(F)c2)CCC1N. The van der Waals surface area contributed by atoms with Crippen molar-refractivity contribution in [2.24, 2.45) is 11.7 Å². The fourth-order valence-electron chi connectivity index (χ4n) is 2.89. The van der Waals surface area contributed by atoms with Gasteiger partial charge in [-0.2, -0.15) is 0 Å². The minimum atomic E-state index is -0.511. The highest BCUT2D eigenvalue weighted by molar-refractivity contribution is 5.21. The second-order valence-corrected chi connectivity index (χ2v) is 5.49. The van der Waals surface area contributed by atoms with Gasteiger partial charge >= 0.3 is 0 Å². The minimum absolute atomic E-state index is 0.0201. The average Bonchev–Trinajstić information content (AvgIpc) is 2.37. The van der Waals surface area contributed by atoms with E-state index in [-0.39, 0.29) is 12.1 Å². The van der Waals surface area contributed by atoms with E-state index in [1.54, 1.807) is 0 Å². The Kier molecular flexibility index (Phi) is 4.53. The van der Waals surface area contributed by atoms with Gasteiger partial charge in [-0.25, -0.2) is 8.78 Å². The molecule has 4 heteroatoms. The van der Waals surface area contributed by atoms with E-state index >= 15 is 0 Å². The first kappa shape index (κ1) is 14.4. The largest absolute Gasteiger partial charge is 0.327 e. The monoisotopic (exact) mass is 268 g/mol. The van der Waals surface area contributed by atoms with Crippen LogP contribution in [0.4, 0.5) is 8.78 Å². The Morgan fingerprint density at radius 2 is 1.95 bits per heavy atom. The second-order valence-electron chi connectivity index (χ2n) is 5.49. The summed E-state index contributed by atoms with van der Waals surface area (Å²) in [6.07, 6.45) is 1.99. The third-order valence-electron chi connectivity index (χ3n) is 4.26. The molecule has 1 aliphatic rings.